The molecule has 4 heteroatoms. The first kappa shape index (κ1) is 15.6. The summed E-state index contributed by atoms with van der Waals surface area (Å²) in [5, 5.41) is 2.89. The van der Waals surface area contributed by atoms with Crippen molar-refractivity contribution in [3.8, 4) is 0 Å². The van der Waals surface area contributed by atoms with Crippen LogP contribution in [0.4, 0.5) is 4.39 Å². The zero-order chi connectivity index (χ0) is 14.6. The van der Waals surface area contributed by atoms with Crippen LogP contribution in [0.2, 0.25) is 0 Å². The van der Waals surface area contributed by atoms with Gasteiger partial charge in [-0.1, -0.05) is 32.9 Å². The van der Waals surface area contributed by atoms with Crippen molar-refractivity contribution in [2.75, 3.05) is 0 Å². The quantitative estimate of drug-likeness (QED) is 0.878. The number of carbonyl (C=O) groups excluding carboxylic acids is 1. The largest absolute Gasteiger partial charge is 0.352 e. The Morgan fingerprint density at radius 1 is 1.32 bits per heavy atom. The van der Waals surface area contributed by atoms with Crippen molar-refractivity contribution < 1.29 is 9.18 Å². The average molecular weight is 266 g/mol. The molecular weight excluding hydrogens is 243 g/mol. The van der Waals surface area contributed by atoms with E-state index in [0.29, 0.717) is 6.42 Å². The predicted octanol–water partition coefficient (Wildman–Crippen LogP) is 2.25. The van der Waals surface area contributed by atoms with E-state index in [1.54, 1.807) is 12.1 Å². The Hall–Kier alpha value is -1.42. The molecule has 3 nitrogen and oxygen atoms in total. The van der Waals surface area contributed by atoms with Crippen molar-refractivity contribution in [1.82, 2.24) is 5.32 Å². The Labute approximate surface area is 114 Å². The van der Waals surface area contributed by atoms with Gasteiger partial charge in [0.2, 0.25) is 5.91 Å². The lowest BCUT2D eigenvalue weighted by atomic mass is 9.87. The van der Waals surface area contributed by atoms with Gasteiger partial charge in [-0.2, -0.15) is 0 Å². The molecule has 1 aromatic carbocycles. The molecule has 19 heavy (non-hydrogen) atoms. The molecule has 0 saturated carbocycles. The first-order valence-electron chi connectivity index (χ1n) is 6.50. The third-order valence-corrected chi connectivity index (χ3v) is 3.06. The van der Waals surface area contributed by atoms with Crippen LogP contribution in [0, 0.1) is 11.2 Å². The molecule has 0 bridgehead atoms. The summed E-state index contributed by atoms with van der Waals surface area (Å²) in [4.78, 5) is 11.9. The maximum atomic E-state index is 12.8. The summed E-state index contributed by atoms with van der Waals surface area (Å²) < 4.78 is 12.8. The van der Waals surface area contributed by atoms with Crippen LogP contribution in [0.5, 0.6) is 0 Å². The van der Waals surface area contributed by atoms with Crippen LogP contribution in [-0.2, 0) is 11.2 Å². The van der Waals surface area contributed by atoms with Crippen LogP contribution < -0.4 is 11.1 Å². The number of amides is 1. The molecule has 0 radical (unpaired) electrons. The van der Waals surface area contributed by atoms with E-state index in [0.717, 1.165) is 5.56 Å². The number of nitrogens with two attached hydrogens (primary N) is 1. The number of rotatable bonds is 4. The Bertz CT molecular complexity index is 423. The van der Waals surface area contributed by atoms with Gasteiger partial charge in [-0.15, -0.1) is 0 Å². The number of nitrogens with one attached hydrogen (secondary N) is 1. The second-order valence-corrected chi connectivity index (χ2v) is 6.08. The topological polar surface area (TPSA) is 55.1 Å². The summed E-state index contributed by atoms with van der Waals surface area (Å²) >= 11 is 0. The van der Waals surface area contributed by atoms with Crippen LogP contribution in [0.15, 0.2) is 24.3 Å². The van der Waals surface area contributed by atoms with Gasteiger partial charge in [0.25, 0.3) is 0 Å². The minimum Gasteiger partial charge on any atom is -0.352 e. The fourth-order valence-electron chi connectivity index (χ4n) is 1.75. The molecule has 2 unspecified atom stereocenters. The summed E-state index contributed by atoms with van der Waals surface area (Å²) in [7, 11) is 0. The highest BCUT2D eigenvalue weighted by Gasteiger charge is 2.28. The van der Waals surface area contributed by atoms with E-state index in [9.17, 15) is 9.18 Å². The Kier molecular flexibility index (Phi) is 5.06. The van der Waals surface area contributed by atoms with Crippen molar-refractivity contribution in [2.45, 2.75) is 46.2 Å². The summed E-state index contributed by atoms with van der Waals surface area (Å²) in [6.45, 7) is 7.71. The molecule has 0 heterocycles. The minimum atomic E-state index is -0.539. The van der Waals surface area contributed by atoms with Crippen LogP contribution in [0.3, 0.4) is 0 Å². The highest BCUT2D eigenvalue weighted by atomic mass is 19.1. The third kappa shape index (κ3) is 4.99. The Balaban J connectivity index is 2.53. The number of benzene rings is 1. The van der Waals surface area contributed by atoms with Gasteiger partial charge in [0.1, 0.15) is 5.82 Å². The summed E-state index contributed by atoms with van der Waals surface area (Å²) in [6.07, 6.45) is 0.656. The highest BCUT2D eigenvalue weighted by molar-refractivity contribution is 5.82. The van der Waals surface area contributed by atoms with E-state index in [4.69, 9.17) is 5.73 Å². The molecule has 3 N–H and O–H groups in total. The maximum Gasteiger partial charge on any atom is 0.237 e. The molecule has 0 aromatic heterocycles. The van der Waals surface area contributed by atoms with Gasteiger partial charge in [-0.3, -0.25) is 4.79 Å². The lowest BCUT2D eigenvalue weighted by molar-refractivity contribution is -0.125. The van der Waals surface area contributed by atoms with E-state index in [1.165, 1.54) is 12.1 Å². The van der Waals surface area contributed by atoms with Crippen LogP contribution in [-0.4, -0.2) is 18.0 Å². The molecule has 2 atom stereocenters. The van der Waals surface area contributed by atoms with Crippen molar-refractivity contribution >= 4 is 5.91 Å². The molecule has 1 aromatic rings. The van der Waals surface area contributed by atoms with Gasteiger partial charge in [-0.25, -0.2) is 4.39 Å². The number of hydrogen-bond acceptors (Lipinski definition) is 2. The van der Waals surface area contributed by atoms with Crippen LogP contribution in [0.1, 0.15) is 33.3 Å². The van der Waals surface area contributed by atoms with Crippen LogP contribution >= 0.6 is 0 Å². The third-order valence-electron chi connectivity index (χ3n) is 3.06. The van der Waals surface area contributed by atoms with Gasteiger partial charge in [-0.05, 0) is 36.5 Å². The standard InChI is InChI=1S/C15H23FN2O/c1-10(9-11-5-7-12(16)8-6-11)18-14(19)13(17)15(2,3)4/h5-8,10,13H,9,17H2,1-4H3,(H,18,19). The lowest BCUT2D eigenvalue weighted by Crippen LogP contribution is -2.51. The smallest absolute Gasteiger partial charge is 0.237 e. The fraction of sp³-hybridized carbons (Fsp3) is 0.533. The number of carbonyl (C=O) groups is 1. The van der Waals surface area contributed by atoms with Crippen molar-refractivity contribution in [3.63, 3.8) is 0 Å². The van der Waals surface area contributed by atoms with Gasteiger partial charge >= 0.3 is 0 Å². The van der Waals surface area contributed by atoms with E-state index in [-0.39, 0.29) is 23.2 Å². The average Bonchev–Trinajstić information content (AvgIpc) is 2.29. The molecule has 0 spiro atoms. The molecule has 106 valence electrons. The Morgan fingerprint density at radius 2 is 1.84 bits per heavy atom. The Morgan fingerprint density at radius 3 is 2.32 bits per heavy atom. The normalized spacial score (nSPS) is 14.8. The molecule has 0 aliphatic carbocycles. The molecule has 1 rings (SSSR count). The molecular formula is C15H23FN2O. The van der Waals surface area contributed by atoms with Crippen molar-refractivity contribution in [1.29, 1.82) is 0 Å². The minimum absolute atomic E-state index is 0.0358. The second-order valence-electron chi connectivity index (χ2n) is 6.08. The summed E-state index contributed by atoms with van der Waals surface area (Å²) in [5.41, 5.74) is 6.61. The van der Waals surface area contributed by atoms with Gasteiger partial charge < -0.3 is 11.1 Å². The van der Waals surface area contributed by atoms with E-state index in [1.807, 2.05) is 27.7 Å². The lowest BCUT2D eigenvalue weighted by Gasteiger charge is -2.27. The molecule has 0 aliphatic heterocycles. The highest BCUT2D eigenvalue weighted by Crippen LogP contribution is 2.17. The second kappa shape index (κ2) is 6.15. The van der Waals surface area contributed by atoms with Crippen molar-refractivity contribution in [3.05, 3.63) is 35.6 Å². The monoisotopic (exact) mass is 266 g/mol. The first-order chi connectivity index (χ1) is 8.70. The van der Waals surface area contributed by atoms with Crippen molar-refractivity contribution in [2.24, 2.45) is 11.1 Å². The van der Waals surface area contributed by atoms with Gasteiger partial charge in [0, 0.05) is 6.04 Å². The van der Waals surface area contributed by atoms with E-state index < -0.39 is 6.04 Å². The molecule has 0 saturated heterocycles. The van der Waals surface area contributed by atoms with E-state index >= 15 is 0 Å². The SMILES string of the molecule is CC(Cc1ccc(F)cc1)NC(=O)C(N)C(C)(C)C. The zero-order valence-electron chi connectivity index (χ0n) is 12.0. The summed E-state index contributed by atoms with van der Waals surface area (Å²) in [6, 6.07) is 5.72. The molecule has 0 aliphatic rings. The first-order valence-corrected chi connectivity index (χ1v) is 6.50. The zero-order valence-corrected chi connectivity index (χ0v) is 12.0. The summed E-state index contributed by atoms with van der Waals surface area (Å²) in [5.74, 6) is -0.405. The van der Waals surface area contributed by atoms with Crippen LogP contribution in [0.25, 0.3) is 0 Å². The number of halogens is 1. The van der Waals surface area contributed by atoms with Gasteiger partial charge in [0.15, 0.2) is 0 Å². The van der Waals surface area contributed by atoms with E-state index in [2.05, 4.69) is 5.32 Å². The molecule has 0 fully saturated rings. The molecule has 1 amide bonds. The predicted molar refractivity (Wildman–Crippen MR) is 75.1 cm³/mol. The number of hydrogen-bond donors (Lipinski definition) is 2. The maximum absolute atomic E-state index is 12.8. The fourth-order valence-corrected chi connectivity index (χ4v) is 1.75. The van der Waals surface area contributed by atoms with Gasteiger partial charge in [0.05, 0.1) is 6.04 Å².